The van der Waals surface area contributed by atoms with Crippen molar-refractivity contribution in [3.63, 3.8) is 0 Å². The van der Waals surface area contributed by atoms with Gasteiger partial charge in [-0.2, -0.15) is 0 Å². The highest BCUT2D eigenvalue weighted by molar-refractivity contribution is 14.0. The molecule has 0 radical (unpaired) electrons. The molecule has 0 spiro atoms. The standard InChI is InChI=1S/C18H31N5OS.HI/c1-3-24-13-15-7-11-23(12-15)17(19-2)20-8-6-16-14-25-18(21-16)22-9-4-5-10-22;/h14-15H,3-13H2,1-2H3,(H,19,20);1H. The predicted molar refractivity (Wildman–Crippen MR) is 120 cm³/mol. The molecular formula is C18H32IN5OS. The molecule has 0 aromatic carbocycles. The first-order valence-electron chi connectivity index (χ1n) is 9.52. The van der Waals surface area contributed by atoms with Crippen molar-refractivity contribution in [3.8, 4) is 0 Å². The molecule has 1 atom stereocenters. The molecule has 1 unspecified atom stereocenters. The maximum absolute atomic E-state index is 5.56. The van der Waals surface area contributed by atoms with Crippen LogP contribution in [-0.2, 0) is 11.2 Å². The molecule has 0 aliphatic carbocycles. The van der Waals surface area contributed by atoms with Crippen molar-refractivity contribution in [1.29, 1.82) is 0 Å². The zero-order chi connectivity index (χ0) is 17.5. The Morgan fingerprint density at radius 2 is 2.19 bits per heavy atom. The number of halogens is 1. The number of likely N-dealkylation sites (tertiary alicyclic amines) is 1. The molecule has 8 heteroatoms. The molecule has 2 fully saturated rings. The molecule has 1 aromatic heterocycles. The molecule has 2 aliphatic rings. The zero-order valence-electron chi connectivity index (χ0n) is 15.9. The van der Waals surface area contributed by atoms with Gasteiger partial charge in [0.15, 0.2) is 11.1 Å². The van der Waals surface area contributed by atoms with E-state index in [2.05, 4.69) is 32.4 Å². The van der Waals surface area contributed by atoms with E-state index in [9.17, 15) is 0 Å². The van der Waals surface area contributed by atoms with Crippen LogP contribution in [0.1, 0.15) is 31.9 Å². The van der Waals surface area contributed by atoms with E-state index in [0.29, 0.717) is 5.92 Å². The van der Waals surface area contributed by atoms with Gasteiger partial charge in [0.05, 0.1) is 12.3 Å². The fourth-order valence-electron chi connectivity index (χ4n) is 3.55. The van der Waals surface area contributed by atoms with E-state index in [1.807, 2.05) is 7.05 Å². The third kappa shape index (κ3) is 5.95. The number of rotatable bonds is 7. The summed E-state index contributed by atoms with van der Waals surface area (Å²) in [6.45, 7) is 9.02. The van der Waals surface area contributed by atoms with Crippen LogP contribution in [-0.4, -0.2) is 68.8 Å². The van der Waals surface area contributed by atoms with E-state index in [1.165, 1.54) is 30.1 Å². The summed E-state index contributed by atoms with van der Waals surface area (Å²) < 4.78 is 5.56. The maximum Gasteiger partial charge on any atom is 0.193 e. The first kappa shape index (κ1) is 21.7. The van der Waals surface area contributed by atoms with Gasteiger partial charge in [-0.1, -0.05) is 0 Å². The Morgan fingerprint density at radius 3 is 2.92 bits per heavy atom. The van der Waals surface area contributed by atoms with Crippen LogP contribution in [0.15, 0.2) is 10.4 Å². The number of nitrogens with one attached hydrogen (secondary N) is 1. The van der Waals surface area contributed by atoms with Gasteiger partial charge < -0.3 is 19.9 Å². The summed E-state index contributed by atoms with van der Waals surface area (Å²) in [5, 5.41) is 6.89. The SMILES string of the molecule is CCOCC1CCN(C(=NC)NCCc2csc(N3CCCC3)n2)C1.I. The monoisotopic (exact) mass is 493 g/mol. The smallest absolute Gasteiger partial charge is 0.193 e. The number of thiazole rings is 1. The van der Waals surface area contributed by atoms with Gasteiger partial charge in [-0.3, -0.25) is 4.99 Å². The molecule has 1 aromatic rings. The van der Waals surface area contributed by atoms with Gasteiger partial charge >= 0.3 is 0 Å². The van der Waals surface area contributed by atoms with E-state index in [1.54, 1.807) is 11.3 Å². The van der Waals surface area contributed by atoms with Crippen LogP contribution < -0.4 is 10.2 Å². The van der Waals surface area contributed by atoms with Gasteiger partial charge in [0.25, 0.3) is 0 Å². The Labute approximate surface area is 178 Å². The van der Waals surface area contributed by atoms with Gasteiger partial charge in [-0.15, -0.1) is 35.3 Å². The molecule has 1 N–H and O–H groups in total. The van der Waals surface area contributed by atoms with Crippen molar-refractivity contribution in [2.75, 3.05) is 57.9 Å². The van der Waals surface area contributed by atoms with E-state index >= 15 is 0 Å². The topological polar surface area (TPSA) is 53.0 Å². The highest BCUT2D eigenvalue weighted by atomic mass is 127. The van der Waals surface area contributed by atoms with Crippen molar-refractivity contribution in [3.05, 3.63) is 11.1 Å². The van der Waals surface area contributed by atoms with Crippen LogP contribution in [0.5, 0.6) is 0 Å². The van der Waals surface area contributed by atoms with E-state index in [4.69, 9.17) is 9.72 Å². The van der Waals surface area contributed by atoms with Crippen molar-refractivity contribution in [1.82, 2.24) is 15.2 Å². The summed E-state index contributed by atoms with van der Waals surface area (Å²) in [5.41, 5.74) is 1.19. The van der Waals surface area contributed by atoms with Crippen LogP contribution in [0, 0.1) is 5.92 Å². The second-order valence-corrected chi connectivity index (χ2v) is 7.64. The van der Waals surface area contributed by atoms with Gasteiger partial charge in [0, 0.05) is 64.1 Å². The quantitative estimate of drug-likeness (QED) is 0.360. The minimum Gasteiger partial charge on any atom is -0.381 e. The molecule has 3 rings (SSSR count). The van der Waals surface area contributed by atoms with Crippen molar-refractivity contribution in [2.24, 2.45) is 10.9 Å². The lowest BCUT2D eigenvalue weighted by Crippen LogP contribution is -2.41. The number of nitrogens with zero attached hydrogens (tertiary/aromatic N) is 4. The summed E-state index contributed by atoms with van der Waals surface area (Å²) in [6.07, 6.45) is 4.73. The van der Waals surface area contributed by atoms with Gasteiger partial charge in [-0.05, 0) is 26.2 Å². The lowest BCUT2D eigenvalue weighted by atomic mass is 10.1. The molecule has 2 aliphatic heterocycles. The lowest BCUT2D eigenvalue weighted by Gasteiger charge is -2.21. The molecule has 3 heterocycles. The van der Waals surface area contributed by atoms with Crippen LogP contribution in [0.3, 0.4) is 0 Å². The highest BCUT2D eigenvalue weighted by Gasteiger charge is 2.24. The lowest BCUT2D eigenvalue weighted by molar-refractivity contribution is 0.114. The normalized spacial score (nSPS) is 20.5. The third-order valence-corrected chi connectivity index (χ3v) is 5.89. The molecule has 0 saturated carbocycles. The van der Waals surface area contributed by atoms with E-state index in [0.717, 1.165) is 58.3 Å². The Morgan fingerprint density at radius 1 is 1.38 bits per heavy atom. The van der Waals surface area contributed by atoms with Crippen LogP contribution in [0.25, 0.3) is 0 Å². The minimum atomic E-state index is 0. The average Bonchev–Trinajstić information content (AvgIpc) is 3.38. The molecule has 148 valence electrons. The molecule has 2 saturated heterocycles. The minimum absolute atomic E-state index is 0. The Hall–Kier alpha value is -0.610. The first-order chi connectivity index (χ1) is 12.3. The Kier molecular flexibility index (Phi) is 9.41. The maximum atomic E-state index is 5.56. The van der Waals surface area contributed by atoms with Crippen LogP contribution >= 0.6 is 35.3 Å². The number of ether oxygens (including phenoxy) is 1. The second-order valence-electron chi connectivity index (χ2n) is 6.80. The second kappa shape index (κ2) is 11.3. The number of aromatic nitrogens is 1. The van der Waals surface area contributed by atoms with Crippen molar-refractivity contribution in [2.45, 2.75) is 32.6 Å². The first-order valence-corrected chi connectivity index (χ1v) is 10.4. The van der Waals surface area contributed by atoms with Crippen LogP contribution in [0.2, 0.25) is 0 Å². The molecule has 0 bridgehead atoms. The zero-order valence-corrected chi connectivity index (χ0v) is 19.1. The largest absolute Gasteiger partial charge is 0.381 e. The van der Waals surface area contributed by atoms with E-state index in [-0.39, 0.29) is 24.0 Å². The summed E-state index contributed by atoms with van der Waals surface area (Å²) in [7, 11) is 1.87. The summed E-state index contributed by atoms with van der Waals surface area (Å²) in [5.74, 6) is 1.63. The Bertz CT molecular complexity index is 562. The number of hydrogen-bond acceptors (Lipinski definition) is 5. The van der Waals surface area contributed by atoms with Crippen LogP contribution in [0.4, 0.5) is 5.13 Å². The fourth-order valence-corrected chi connectivity index (χ4v) is 4.46. The number of aliphatic imine (C=N–C) groups is 1. The predicted octanol–water partition coefficient (Wildman–Crippen LogP) is 2.84. The summed E-state index contributed by atoms with van der Waals surface area (Å²) in [6, 6.07) is 0. The highest BCUT2D eigenvalue weighted by Crippen LogP contribution is 2.24. The molecule has 0 amide bonds. The molecular weight excluding hydrogens is 461 g/mol. The molecule has 6 nitrogen and oxygen atoms in total. The van der Waals surface area contributed by atoms with Gasteiger partial charge in [-0.25, -0.2) is 4.98 Å². The van der Waals surface area contributed by atoms with Crippen molar-refractivity contribution >= 4 is 46.4 Å². The van der Waals surface area contributed by atoms with Gasteiger partial charge in [0.2, 0.25) is 0 Å². The van der Waals surface area contributed by atoms with Gasteiger partial charge in [0.1, 0.15) is 0 Å². The number of guanidine groups is 1. The summed E-state index contributed by atoms with van der Waals surface area (Å²) in [4.78, 5) is 14.0. The van der Waals surface area contributed by atoms with E-state index < -0.39 is 0 Å². The fraction of sp³-hybridized carbons (Fsp3) is 0.778. The Balaban J connectivity index is 0.00000243. The van der Waals surface area contributed by atoms with Crippen molar-refractivity contribution < 1.29 is 4.74 Å². The average molecular weight is 493 g/mol. The number of anilines is 1. The third-order valence-electron chi connectivity index (χ3n) is 4.94. The number of hydrogen-bond donors (Lipinski definition) is 1. The molecule has 26 heavy (non-hydrogen) atoms. The summed E-state index contributed by atoms with van der Waals surface area (Å²) >= 11 is 1.78.